The number of fused-ring (bicyclic) bond motifs is 1. The van der Waals surface area contributed by atoms with Gasteiger partial charge in [0.1, 0.15) is 5.75 Å². The van der Waals surface area contributed by atoms with E-state index in [0.717, 1.165) is 24.1 Å². The van der Waals surface area contributed by atoms with Crippen molar-refractivity contribution in [2.45, 2.75) is 19.8 Å². The molecule has 0 unspecified atom stereocenters. The zero-order valence-electron chi connectivity index (χ0n) is 15.8. The summed E-state index contributed by atoms with van der Waals surface area (Å²) in [6.45, 7) is 1.98. The van der Waals surface area contributed by atoms with Gasteiger partial charge in [-0.1, -0.05) is 12.1 Å². The van der Waals surface area contributed by atoms with E-state index in [2.05, 4.69) is 0 Å². The van der Waals surface area contributed by atoms with Crippen LogP contribution in [0, 0.1) is 0 Å². The normalized spacial score (nSPS) is 12.9. The smallest absolute Gasteiger partial charge is 0.265 e. The Hall–Kier alpha value is -3.02. The van der Waals surface area contributed by atoms with Gasteiger partial charge in [-0.05, 0) is 49.6 Å². The summed E-state index contributed by atoms with van der Waals surface area (Å²) in [5, 5.41) is 0. The lowest BCUT2D eigenvalue weighted by Gasteiger charge is -2.30. The number of rotatable bonds is 6. The van der Waals surface area contributed by atoms with Crippen LogP contribution < -0.4 is 19.1 Å². The number of carbonyl (C=O) groups is 2. The summed E-state index contributed by atoms with van der Waals surface area (Å²) in [5.74, 6) is 1.32. The molecule has 2 aromatic rings. The highest BCUT2D eigenvalue weighted by Crippen LogP contribution is 2.36. The highest BCUT2D eigenvalue weighted by atomic mass is 16.5. The lowest BCUT2D eigenvalue weighted by molar-refractivity contribution is -0.120. The zero-order chi connectivity index (χ0) is 19.4. The number of ketones is 1. The second kappa shape index (κ2) is 8.12. The Labute approximate surface area is 158 Å². The van der Waals surface area contributed by atoms with E-state index in [9.17, 15) is 9.59 Å². The number of Topliss-reactive ketones (excluding diaryl/α,β-unsaturated/α-hetero) is 1. The number of nitrogens with zero attached hydrogens (tertiary/aromatic N) is 1. The number of hydrogen-bond acceptors (Lipinski definition) is 5. The van der Waals surface area contributed by atoms with E-state index >= 15 is 0 Å². The minimum atomic E-state index is -0.154. The molecule has 2 aromatic carbocycles. The van der Waals surface area contributed by atoms with Gasteiger partial charge in [0.15, 0.2) is 23.9 Å². The SMILES string of the molecule is COc1cc(C(C)=O)ccc1OCC(=O)N1CCCc2cccc(OC)c21. The molecule has 0 atom stereocenters. The number of amides is 1. The van der Waals surface area contributed by atoms with E-state index in [4.69, 9.17) is 14.2 Å². The maximum Gasteiger partial charge on any atom is 0.265 e. The van der Waals surface area contributed by atoms with E-state index in [1.807, 2.05) is 18.2 Å². The van der Waals surface area contributed by atoms with Crippen molar-refractivity contribution in [3.05, 3.63) is 47.5 Å². The van der Waals surface area contributed by atoms with Crippen LogP contribution in [0.4, 0.5) is 5.69 Å². The van der Waals surface area contributed by atoms with Gasteiger partial charge in [-0.15, -0.1) is 0 Å². The van der Waals surface area contributed by atoms with Crippen LogP contribution in [0.5, 0.6) is 17.2 Å². The van der Waals surface area contributed by atoms with Gasteiger partial charge >= 0.3 is 0 Å². The average molecular weight is 369 g/mol. The summed E-state index contributed by atoms with van der Waals surface area (Å²) in [5.41, 5.74) is 2.44. The van der Waals surface area contributed by atoms with Crippen LogP contribution in [0.3, 0.4) is 0 Å². The molecule has 1 amide bonds. The van der Waals surface area contributed by atoms with Crippen molar-refractivity contribution in [2.24, 2.45) is 0 Å². The standard InChI is InChI=1S/C21H23NO5/c1-14(23)16-9-10-17(19(12-16)26-3)27-13-20(24)22-11-5-7-15-6-4-8-18(25-2)21(15)22/h4,6,8-10,12H,5,7,11,13H2,1-3H3. The first-order valence-electron chi connectivity index (χ1n) is 8.83. The first kappa shape index (κ1) is 18.8. The van der Waals surface area contributed by atoms with E-state index in [1.54, 1.807) is 30.2 Å². The number of methoxy groups -OCH3 is 2. The van der Waals surface area contributed by atoms with Gasteiger partial charge in [-0.3, -0.25) is 9.59 Å². The third-order valence-electron chi connectivity index (χ3n) is 4.62. The molecule has 142 valence electrons. The van der Waals surface area contributed by atoms with Crippen molar-refractivity contribution in [3.8, 4) is 17.2 Å². The predicted octanol–water partition coefficient (Wildman–Crippen LogP) is 3.26. The molecule has 6 nitrogen and oxygen atoms in total. The van der Waals surface area contributed by atoms with Gasteiger partial charge in [0.05, 0.1) is 19.9 Å². The molecule has 0 bridgehead atoms. The van der Waals surface area contributed by atoms with Crippen molar-refractivity contribution in [2.75, 3.05) is 32.3 Å². The van der Waals surface area contributed by atoms with Crippen molar-refractivity contribution in [1.29, 1.82) is 0 Å². The van der Waals surface area contributed by atoms with Crippen LogP contribution in [-0.4, -0.2) is 39.1 Å². The number of ether oxygens (including phenoxy) is 3. The molecule has 0 aliphatic carbocycles. The van der Waals surface area contributed by atoms with Crippen molar-refractivity contribution >= 4 is 17.4 Å². The third kappa shape index (κ3) is 3.89. The average Bonchev–Trinajstić information content (AvgIpc) is 2.70. The monoisotopic (exact) mass is 369 g/mol. The first-order valence-corrected chi connectivity index (χ1v) is 8.83. The molecular formula is C21H23NO5. The Bertz CT molecular complexity index is 847. The number of hydrogen-bond donors (Lipinski definition) is 0. The fraction of sp³-hybridized carbons (Fsp3) is 0.333. The second-order valence-corrected chi connectivity index (χ2v) is 6.33. The molecule has 3 rings (SSSR count). The van der Waals surface area contributed by atoms with Crippen LogP contribution in [0.25, 0.3) is 0 Å². The summed E-state index contributed by atoms with van der Waals surface area (Å²) < 4.78 is 16.4. The highest BCUT2D eigenvalue weighted by molar-refractivity contribution is 5.97. The van der Waals surface area contributed by atoms with E-state index in [1.165, 1.54) is 14.0 Å². The Balaban J connectivity index is 1.77. The quantitative estimate of drug-likeness (QED) is 0.731. The molecule has 1 heterocycles. The summed E-state index contributed by atoms with van der Waals surface area (Å²) in [6.07, 6.45) is 1.81. The van der Waals surface area contributed by atoms with Gasteiger partial charge in [-0.2, -0.15) is 0 Å². The third-order valence-corrected chi connectivity index (χ3v) is 4.62. The number of aryl methyl sites for hydroxylation is 1. The summed E-state index contributed by atoms with van der Waals surface area (Å²) in [4.78, 5) is 26.0. The Morgan fingerprint density at radius 2 is 1.81 bits per heavy atom. The number of carbonyl (C=O) groups excluding carboxylic acids is 2. The molecule has 1 aliphatic rings. The van der Waals surface area contributed by atoms with Crippen LogP contribution >= 0.6 is 0 Å². The summed E-state index contributed by atoms with van der Waals surface area (Å²) in [6, 6.07) is 10.7. The Morgan fingerprint density at radius 1 is 1.04 bits per heavy atom. The predicted molar refractivity (Wildman–Crippen MR) is 102 cm³/mol. The molecule has 0 fully saturated rings. The molecule has 0 saturated carbocycles. The number of anilines is 1. The lowest BCUT2D eigenvalue weighted by Crippen LogP contribution is -2.39. The first-order chi connectivity index (χ1) is 13.0. The van der Waals surface area contributed by atoms with Crippen LogP contribution in [-0.2, 0) is 11.2 Å². The van der Waals surface area contributed by atoms with Gasteiger partial charge in [0, 0.05) is 12.1 Å². The molecule has 0 N–H and O–H groups in total. The summed E-state index contributed by atoms with van der Waals surface area (Å²) >= 11 is 0. The molecule has 1 aliphatic heterocycles. The highest BCUT2D eigenvalue weighted by Gasteiger charge is 2.26. The topological polar surface area (TPSA) is 65.1 Å². The van der Waals surface area contributed by atoms with E-state index in [0.29, 0.717) is 29.4 Å². The van der Waals surface area contributed by atoms with Crippen LogP contribution in [0.15, 0.2) is 36.4 Å². The minimum Gasteiger partial charge on any atom is -0.495 e. The van der Waals surface area contributed by atoms with Crippen molar-refractivity contribution in [3.63, 3.8) is 0 Å². The van der Waals surface area contributed by atoms with Gasteiger partial charge in [0.2, 0.25) is 0 Å². The molecule has 27 heavy (non-hydrogen) atoms. The van der Waals surface area contributed by atoms with Crippen LogP contribution in [0.2, 0.25) is 0 Å². The van der Waals surface area contributed by atoms with Gasteiger partial charge in [-0.25, -0.2) is 0 Å². The fourth-order valence-electron chi connectivity index (χ4n) is 3.25. The van der Waals surface area contributed by atoms with E-state index in [-0.39, 0.29) is 18.3 Å². The molecule has 0 aromatic heterocycles. The zero-order valence-corrected chi connectivity index (χ0v) is 15.8. The Morgan fingerprint density at radius 3 is 2.52 bits per heavy atom. The van der Waals surface area contributed by atoms with Gasteiger partial charge in [0.25, 0.3) is 5.91 Å². The second-order valence-electron chi connectivity index (χ2n) is 6.33. The molecule has 6 heteroatoms. The molecular weight excluding hydrogens is 346 g/mol. The minimum absolute atomic E-state index is 0.0621. The lowest BCUT2D eigenvalue weighted by atomic mass is 10.0. The van der Waals surface area contributed by atoms with Crippen LogP contribution in [0.1, 0.15) is 29.3 Å². The maximum absolute atomic E-state index is 12.8. The summed E-state index contributed by atoms with van der Waals surface area (Å²) in [7, 11) is 3.10. The van der Waals surface area contributed by atoms with Crippen molar-refractivity contribution in [1.82, 2.24) is 0 Å². The Kier molecular flexibility index (Phi) is 5.64. The fourth-order valence-corrected chi connectivity index (χ4v) is 3.25. The number of benzene rings is 2. The molecule has 0 spiro atoms. The number of para-hydroxylation sites is 1. The molecule has 0 radical (unpaired) electrons. The molecule has 0 saturated heterocycles. The van der Waals surface area contributed by atoms with E-state index < -0.39 is 0 Å². The van der Waals surface area contributed by atoms with Gasteiger partial charge < -0.3 is 19.1 Å². The van der Waals surface area contributed by atoms with Crippen molar-refractivity contribution < 1.29 is 23.8 Å². The largest absolute Gasteiger partial charge is 0.495 e. The maximum atomic E-state index is 12.8.